The zero-order chi connectivity index (χ0) is 24.7. The predicted molar refractivity (Wildman–Crippen MR) is 129 cm³/mol. The van der Waals surface area contributed by atoms with E-state index in [1.807, 2.05) is 6.07 Å². The van der Waals surface area contributed by atoms with Crippen LogP contribution >= 0.6 is 0 Å². The Hall–Kier alpha value is -2.12. The smallest absolute Gasteiger partial charge is 0.395 e. The maximum atomic E-state index is 14.2. The van der Waals surface area contributed by atoms with Crippen LogP contribution in [-0.2, 0) is 6.18 Å². The molecule has 2 aromatic carbocycles. The van der Waals surface area contributed by atoms with Gasteiger partial charge in [0, 0.05) is 18.8 Å². The monoisotopic (exact) mass is 490 g/mol. The highest BCUT2D eigenvalue weighted by Gasteiger charge is 2.55. The SMILES string of the molecule is CCCN(CCO)C[C@H]1CC[C@H]2[C@H](c3cccc(F)c3)Nc3ccc(C(F)(F)F)cc3[C@H]2C2C[C@H]21. The highest BCUT2D eigenvalue weighted by atomic mass is 19.4. The van der Waals surface area contributed by atoms with Gasteiger partial charge in [-0.1, -0.05) is 19.1 Å². The fraction of sp³-hybridized carbons (Fsp3) is 0.571. The van der Waals surface area contributed by atoms with Gasteiger partial charge in [0.05, 0.1) is 18.2 Å². The fourth-order valence-corrected chi connectivity index (χ4v) is 6.91. The van der Waals surface area contributed by atoms with E-state index in [4.69, 9.17) is 0 Å². The summed E-state index contributed by atoms with van der Waals surface area (Å²) in [6.45, 7) is 4.77. The molecule has 0 saturated heterocycles. The molecule has 0 aromatic heterocycles. The maximum absolute atomic E-state index is 14.2. The Morgan fingerprint density at radius 1 is 1.03 bits per heavy atom. The van der Waals surface area contributed by atoms with Gasteiger partial charge in [-0.2, -0.15) is 13.2 Å². The van der Waals surface area contributed by atoms with E-state index in [2.05, 4.69) is 17.1 Å². The third-order valence-electron chi connectivity index (χ3n) is 8.42. The van der Waals surface area contributed by atoms with Crippen molar-refractivity contribution in [2.45, 2.75) is 50.7 Å². The van der Waals surface area contributed by atoms with Crippen molar-refractivity contribution in [1.29, 1.82) is 0 Å². The highest BCUT2D eigenvalue weighted by Crippen LogP contribution is 2.64. The number of fused-ring (bicyclic) bond motifs is 5. The molecule has 190 valence electrons. The number of anilines is 1. The Balaban J connectivity index is 1.50. The van der Waals surface area contributed by atoms with Gasteiger partial charge in [-0.15, -0.1) is 0 Å². The molecule has 6 atom stereocenters. The summed E-state index contributed by atoms with van der Waals surface area (Å²) in [6.07, 6.45) is -0.464. The zero-order valence-electron chi connectivity index (χ0n) is 20.1. The second-order valence-electron chi connectivity index (χ2n) is 10.6. The van der Waals surface area contributed by atoms with Crippen LogP contribution in [0.4, 0.5) is 23.2 Å². The molecule has 5 rings (SSSR count). The van der Waals surface area contributed by atoms with Gasteiger partial charge in [-0.05, 0) is 103 Å². The number of nitrogens with zero attached hydrogens (tertiary/aromatic N) is 1. The average molecular weight is 491 g/mol. The Kier molecular flexibility index (Phi) is 6.83. The molecule has 0 amide bonds. The first-order chi connectivity index (χ1) is 16.8. The Morgan fingerprint density at radius 2 is 1.86 bits per heavy atom. The second-order valence-corrected chi connectivity index (χ2v) is 10.6. The van der Waals surface area contributed by atoms with E-state index in [-0.39, 0.29) is 30.3 Å². The normalized spacial score (nSPS) is 29.6. The molecule has 35 heavy (non-hydrogen) atoms. The van der Waals surface area contributed by atoms with Gasteiger partial charge in [0.1, 0.15) is 5.82 Å². The number of aliphatic hydroxyl groups excluding tert-OH is 1. The largest absolute Gasteiger partial charge is 0.416 e. The fourth-order valence-electron chi connectivity index (χ4n) is 6.91. The van der Waals surface area contributed by atoms with Gasteiger partial charge < -0.3 is 15.3 Å². The summed E-state index contributed by atoms with van der Waals surface area (Å²) in [7, 11) is 0. The minimum atomic E-state index is -4.38. The quantitative estimate of drug-likeness (QED) is 0.437. The number of halogens is 4. The first kappa shape index (κ1) is 24.6. The number of alkyl halides is 3. The molecular formula is C28H34F4N2O. The van der Waals surface area contributed by atoms with Gasteiger partial charge in [-0.3, -0.25) is 0 Å². The first-order valence-corrected chi connectivity index (χ1v) is 12.9. The van der Waals surface area contributed by atoms with E-state index in [0.717, 1.165) is 61.7 Å². The summed E-state index contributed by atoms with van der Waals surface area (Å²) in [5, 5.41) is 13.0. The Labute approximate surface area is 204 Å². The highest BCUT2D eigenvalue weighted by molar-refractivity contribution is 5.60. The summed E-state index contributed by atoms with van der Waals surface area (Å²) in [5.74, 6) is 1.11. The lowest BCUT2D eigenvalue weighted by molar-refractivity contribution is -0.137. The van der Waals surface area contributed by atoms with Crippen LogP contribution in [0.1, 0.15) is 61.3 Å². The van der Waals surface area contributed by atoms with Crippen molar-refractivity contribution in [2.75, 3.05) is 31.6 Å². The van der Waals surface area contributed by atoms with Crippen molar-refractivity contribution in [1.82, 2.24) is 4.90 Å². The van der Waals surface area contributed by atoms with E-state index >= 15 is 0 Å². The molecule has 7 heteroatoms. The summed E-state index contributed by atoms with van der Waals surface area (Å²) in [4.78, 5) is 2.33. The van der Waals surface area contributed by atoms with Crippen LogP contribution in [0.5, 0.6) is 0 Å². The molecule has 2 saturated carbocycles. The molecular weight excluding hydrogens is 456 g/mol. The Morgan fingerprint density at radius 3 is 2.57 bits per heavy atom. The van der Waals surface area contributed by atoms with E-state index in [1.54, 1.807) is 18.2 Å². The van der Waals surface area contributed by atoms with Crippen LogP contribution in [0, 0.1) is 29.5 Å². The standard InChI is InChI=1S/C28H34F4N2O/c1-2-10-34(11-12-35)16-18-6-8-21-26(23-15-22(18)23)24-14-19(28(30,31)32)7-9-25(24)33-27(21)17-4-3-5-20(29)13-17/h3-5,7,9,13-14,18,21-23,26-27,33,35H,2,6,8,10-12,15-16H2,1H3/t18-,21-,22+,23?,26-,27+/m1/s1. The molecule has 2 aliphatic carbocycles. The molecule has 2 aromatic rings. The van der Waals surface area contributed by atoms with E-state index in [9.17, 15) is 22.7 Å². The van der Waals surface area contributed by atoms with E-state index in [1.165, 1.54) is 12.1 Å². The van der Waals surface area contributed by atoms with Gasteiger partial charge in [-0.25, -0.2) is 4.39 Å². The van der Waals surface area contributed by atoms with Crippen LogP contribution in [0.2, 0.25) is 0 Å². The van der Waals surface area contributed by atoms with Crippen molar-refractivity contribution in [3.8, 4) is 0 Å². The van der Waals surface area contributed by atoms with Crippen LogP contribution in [-0.4, -0.2) is 36.2 Å². The number of hydrogen-bond acceptors (Lipinski definition) is 3. The van der Waals surface area contributed by atoms with Crippen molar-refractivity contribution in [3.63, 3.8) is 0 Å². The lowest BCUT2D eigenvalue weighted by Crippen LogP contribution is -2.34. The minimum Gasteiger partial charge on any atom is -0.395 e. The molecule has 1 aliphatic heterocycles. The summed E-state index contributed by atoms with van der Waals surface area (Å²) >= 11 is 0. The molecule has 0 radical (unpaired) electrons. The molecule has 1 heterocycles. The summed E-state index contributed by atoms with van der Waals surface area (Å²) < 4.78 is 55.0. The molecule has 0 bridgehead atoms. The predicted octanol–water partition coefficient (Wildman–Crippen LogP) is 6.46. The topological polar surface area (TPSA) is 35.5 Å². The van der Waals surface area contributed by atoms with Crippen LogP contribution in [0.15, 0.2) is 42.5 Å². The molecule has 2 fully saturated rings. The molecule has 3 nitrogen and oxygen atoms in total. The third-order valence-corrected chi connectivity index (χ3v) is 8.42. The minimum absolute atomic E-state index is 0.0225. The van der Waals surface area contributed by atoms with E-state index < -0.39 is 11.7 Å². The number of rotatable bonds is 7. The third kappa shape index (κ3) is 4.94. The summed E-state index contributed by atoms with van der Waals surface area (Å²) in [6, 6.07) is 10.5. The Bertz CT molecular complexity index is 1040. The lowest BCUT2D eigenvalue weighted by Gasteiger charge is -2.41. The molecule has 2 N–H and O–H groups in total. The van der Waals surface area contributed by atoms with Gasteiger partial charge in [0.2, 0.25) is 0 Å². The van der Waals surface area contributed by atoms with Crippen molar-refractivity contribution in [3.05, 3.63) is 65.0 Å². The van der Waals surface area contributed by atoms with Gasteiger partial charge >= 0.3 is 6.18 Å². The number of aliphatic hydroxyl groups is 1. The van der Waals surface area contributed by atoms with Crippen LogP contribution in [0.25, 0.3) is 0 Å². The van der Waals surface area contributed by atoms with Crippen molar-refractivity contribution < 1.29 is 22.7 Å². The molecule has 0 spiro atoms. The zero-order valence-corrected chi connectivity index (χ0v) is 20.1. The first-order valence-electron chi connectivity index (χ1n) is 12.9. The van der Waals surface area contributed by atoms with Crippen molar-refractivity contribution in [2.24, 2.45) is 23.7 Å². The van der Waals surface area contributed by atoms with Crippen LogP contribution < -0.4 is 5.32 Å². The van der Waals surface area contributed by atoms with Crippen molar-refractivity contribution >= 4 is 5.69 Å². The lowest BCUT2D eigenvalue weighted by atomic mass is 9.71. The van der Waals surface area contributed by atoms with E-state index in [0.29, 0.717) is 24.3 Å². The average Bonchev–Trinajstić information content (AvgIpc) is 3.61. The van der Waals surface area contributed by atoms with Crippen LogP contribution in [0.3, 0.4) is 0 Å². The number of nitrogens with one attached hydrogen (secondary N) is 1. The summed E-state index contributed by atoms with van der Waals surface area (Å²) in [5.41, 5.74) is 1.77. The number of benzene rings is 2. The van der Waals surface area contributed by atoms with Gasteiger partial charge in [0.25, 0.3) is 0 Å². The van der Waals surface area contributed by atoms with Gasteiger partial charge in [0.15, 0.2) is 0 Å². The molecule has 3 aliphatic rings. The molecule has 1 unspecified atom stereocenters. The maximum Gasteiger partial charge on any atom is 0.416 e. The second kappa shape index (κ2) is 9.74. The number of hydrogen-bond donors (Lipinski definition) is 2.